The highest BCUT2D eigenvalue weighted by molar-refractivity contribution is 5.70. The van der Waals surface area contributed by atoms with Crippen LogP contribution in [0.2, 0.25) is 0 Å². The molecule has 1 aromatic carbocycles. The number of hydrogen-bond acceptors (Lipinski definition) is 3. The fourth-order valence-corrected chi connectivity index (χ4v) is 3.32. The predicted octanol–water partition coefficient (Wildman–Crippen LogP) is 5.29. The van der Waals surface area contributed by atoms with E-state index in [0.29, 0.717) is 11.8 Å². The van der Waals surface area contributed by atoms with E-state index in [9.17, 15) is 0 Å². The van der Waals surface area contributed by atoms with Gasteiger partial charge >= 0.3 is 0 Å². The van der Waals surface area contributed by atoms with E-state index in [2.05, 4.69) is 54.7 Å². The summed E-state index contributed by atoms with van der Waals surface area (Å²) >= 11 is 0. The highest BCUT2D eigenvalue weighted by atomic mass is 16.5. The molecule has 1 aromatic rings. The largest absolute Gasteiger partial charge is 0.497 e. The Balaban J connectivity index is 1.88. The third kappa shape index (κ3) is 4.29. The molecule has 0 fully saturated rings. The van der Waals surface area contributed by atoms with Crippen LogP contribution in [-0.2, 0) is 9.47 Å². The van der Waals surface area contributed by atoms with Crippen molar-refractivity contribution in [1.82, 2.24) is 0 Å². The summed E-state index contributed by atoms with van der Waals surface area (Å²) in [7, 11) is 5.12. The summed E-state index contributed by atoms with van der Waals surface area (Å²) in [5.41, 5.74) is 2.56. The van der Waals surface area contributed by atoms with Crippen LogP contribution in [0, 0.1) is 11.8 Å². The van der Waals surface area contributed by atoms with Crippen LogP contribution in [0.4, 0.5) is 0 Å². The van der Waals surface area contributed by atoms with Crippen molar-refractivity contribution in [2.75, 3.05) is 21.3 Å². The van der Waals surface area contributed by atoms with Gasteiger partial charge in [0.25, 0.3) is 0 Å². The van der Waals surface area contributed by atoms with E-state index in [0.717, 1.165) is 30.1 Å². The smallest absolute Gasteiger partial charge is 0.118 e. The van der Waals surface area contributed by atoms with Gasteiger partial charge in [0.1, 0.15) is 17.3 Å². The van der Waals surface area contributed by atoms with E-state index < -0.39 is 0 Å². The summed E-state index contributed by atoms with van der Waals surface area (Å²) in [4.78, 5) is 0. The monoisotopic (exact) mass is 350 g/mol. The normalized spacial score (nSPS) is 22.5. The Hall–Kier alpha value is -2.68. The van der Waals surface area contributed by atoms with Gasteiger partial charge in [-0.05, 0) is 66.3 Å². The lowest BCUT2D eigenvalue weighted by Crippen LogP contribution is -2.07. The Labute approximate surface area is 156 Å². The first-order chi connectivity index (χ1) is 12.7. The van der Waals surface area contributed by atoms with E-state index in [4.69, 9.17) is 14.2 Å². The first kappa shape index (κ1) is 18.1. The van der Waals surface area contributed by atoms with E-state index in [1.165, 1.54) is 11.1 Å². The van der Waals surface area contributed by atoms with Crippen LogP contribution in [-0.4, -0.2) is 21.3 Å². The standard InChI is InChI=1S/C23H26O3/c1-24-20-10-4-17(5-11-20)16-23(18-6-12-21(25-2)13-7-18)19-8-14-22(26-3)15-9-19/h4,6-8,10-17,19H,5,9H2,1-3H3/b23-16-. The molecule has 0 bridgehead atoms. The van der Waals surface area contributed by atoms with E-state index in [-0.39, 0.29) is 0 Å². The summed E-state index contributed by atoms with van der Waals surface area (Å²) in [5.74, 6) is 3.45. The second-order valence-electron chi connectivity index (χ2n) is 6.43. The maximum atomic E-state index is 5.33. The molecule has 0 heterocycles. The van der Waals surface area contributed by atoms with Crippen LogP contribution in [0.5, 0.6) is 5.75 Å². The lowest BCUT2D eigenvalue weighted by atomic mass is 9.84. The quantitative estimate of drug-likeness (QED) is 0.697. The van der Waals surface area contributed by atoms with Crippen LogP contribution in [0.25, 0.3) is 5.57 Å². The fraction of sp³-hybridized carbons (Fsp3) is 0.304. The molecule has 2 aliphatic rings. The van der Waals surface area contributed by atoms with Gasteiger partial charge in [0.2, 0.25) is 0 Å². The third-order valence-corrected chi connectivity index (χ3v) is 4.85. The SMILES string of the molecule is COC1=CCC(/C=C(/c2ccc(OC)cc2)C2C=CC(OC)=CC2)C=C1. The van der Waals surface area contributed by atoms with Crippen molar-refractivity contribution in [3.05, 3.63) is 83.9 Å². The molecule has 3 rings (SSSR count). The summed E-state index contributed by atoms with van der Waals surface area (Å²) in [6.07, 6.45) is 17.1. The average molecular weight is 350 g/mol. The second-order valence-corrected chi connectivity index (χ2v) is 6.43. The molecule has 3 nitrogen and oxygen atoms in total. The maximum absolute atomic E-state index is 5.33. The van der Waals surface area contributed by atoms with Gasteiger partial charge in [-0.2, -0.15) is 0 Å². The zero-order valence-electron chi connectivity index (χ0n) is 15.6. The molecule has 0 spiro atoms. The molecule has 0 N–H and O–H groups in total. The van der Waals surface area contributed by atoms with Gasteiger partial charge in [-0.15, -0.1) is 0 Å². The lowest BCUT2D eigenvalue weighted by molar-refractivity contribution is 0.302. The Morgan fingerprint density at radius 3 is 2.00 bits per heavy atom. The molecule has 0 saturated carbocycles. The van der Waals surface area contributed by atoms with Crippen LogP contribution < -0.4 is 4.74 Å². The van der Waals surface area contributed by atoms with Gasteiger partial charge in [0, 0.05) is 5.92 Å². The molecule has 2 atom stereocenters. The van der Waals surface area contributed by atoms with Crippen molar-refractivity contribution in [1.29, 1.82) is 0 Å². The topological polar surface area (TPSA) is 27.7 Å². The highest BCUT2D eigenvalue weighted by Crippen LogP contribution is 2.34. The molecule has 0 saturated heterocycles. The van der Waals surface area contributed by atoms with E-state index >= 15 is 0 Å². The van der Waals surface area contributed by atoms with Crippen molar-refractivity contribution in [3.8, 4) is 5.75 Å². The van der Waals surface area contributed by atoms with Gasteiger partial charge in [-0.3, -0.25) is 0 Å². The molecule has 0 aromatic heterocycles. The highest BCUT2D eigenvalue weighted by Gasteiger charge is 2.18. The summed E-state index contributed by atoms with van der Waals surface area (Å²) < 4.78 is 15.9. The molecule has 0 amide bonds. The van der Waals surface area contributed by atoms with E-state index in [1.54, 1.807) is 21.3 Å². The van der Waals surface area contributed by atoms with Gasteiger partial charge in [0.05, 0.1) is 21.3 Å². The number of allylic oxidation sites excluding steroid dienone is 8. The van der Waals surface area contributed by atoms with Crippen LogP contribution in [0.15, 0.2) is 78.3 Å². The number of hydrogen-bond donors (Lipinski definition) is 0. The van der Waals surface area contributed by atoms with Crippen molar-refractivity contribution >= 4 is 5.57 Å². The van der Waals surface area contributed by atoms with Crippen molar-refractivity contribution in [2.45, 2.75) is 12.8 Å². The Bertz CT molecular complexity index is 763. The third-order valence-electron chi connectivity index (χ3n) is 4.85. The number of benzene rings is 1. The van der Waals surface area contributed by atoms with Gasteiger partial charge in [0.15, 0.2) is 0 Å². The minimum absolute atomic E-state index is 0.337. The molecule has 136 valence electrons. The van der Waals surface area contributed by atoms with Crippen LogP contribution in [0.1, 0.15) is 18.4 Å². The van der Waals surface area contributed by atoms with Crippen molar-refractivity contribution in [3.63, 3.8) is 0 Å². The minimum Gasteiger partial charge on any atom is -0.497 e. The molecule has 26 heavy (non-hydrogen) atoms. The molecule has 0 radical (unpaired) electrons. The van der Waals surface area contributed by atoms with Crippen molar-refractivity contribution < 1.29 is 14.2 Å². The first-order valence-corrected chi connectivity index (χ1v) is 8.94. The van der Waals surface area contributed by atoms with Gasteiger partial charge < -0.3 is 14.2 Å². The molecule has 0 aliphatic heterocycles. The van der Waals surface area contributed by atoms with Gasteiger partial charge in [-0.1, -0.05) is 30.4 Å². The second kappa shape index (κ2) is 8.61. The lowest BCUT2D eigenvalue weighted by Gasteiger charge is -2.22. The molecule has 2 aliphatic carbocycles. The summed E-state index contributed by atoms with van der Waals surface area (Å²) in [6.45, 7) is 0. The fourth-order valence-electron chi connectivity index (χ4n) is 3.32. The Morgan fingerprint density at radius 2 is 1.50 bits per heavy atom. The molecular weight excluding hydrogens is 324 g/mol. The molecular formula is C23H26O3. The maximum Gasteiger partial charge on any atom is 0.118 e. The molecule has 2 unspecified atom stereocenters. The van der Waals surface area contributed by atoms with Gasteiger partial charge in [-0.25, -0.2) is 0 Å². The zero-order chi connectivity index (χ0) is 18.4. The zero-order valence-corrected chi connectivity index (χ0v) is 15.6. The van der Waals surface area contributed by atoms with Crippen LogP contribution >= 0.6 is 0 Å². The number of ether oxygens (including phenoxy) is 3. The Kier molecular flexibility index (Phi) is 6.00. The van der Waals surface area contributed by atoms with Crippen molar-refractivity contribution in [2.24, 2.45) is 11.8 Å². The number of rotatable bonds is 6. The first-order valence-electron chi connectivity index (χ1n) is 8.94. The average Bonchev–Trinajstić information content (AvgIpc) is 2.73. The minimum atomic E-state index is 0.337. The number of methoxy groups -OCH3 is 3. The summed E-state index contributed by atoms with van der Waals surface area (Å²) in [6, 6.07) is 8.31. The summed E-state index contributed by atoms with van der Waals surface area (Å²) in [5, 5.41) is 0. The Morgan fingerprint density at radius 1 is 0.846 bits per heavy atom. The van der Waals surface area contributed by atoms with Crippen LogP contribution in [0.3, 0.4) is 0 Å². The predicted molar refractivity (Wildman–Crippen MR) is 106 cm³/mol. The molecule has 3 heteroatoms. The van der Waals surface area contributed by atoms with E-state index in [1.807, 2.05) is 12.1 Å².